The van der Waals surface area contributed by atoms with Crippen LogP contribution in [0, 0.1) is 5.92 Å². The summed E-state index contributed by atoms with van der Waals surface area (Å²) in [5.74, 6) is -4.84. The quantitative estimate of drug-likeness (QED) is 0.226. The number of rotatable bonds is 13. The molecule has 11 heteroatoms. The van der Waals surface area contributed by atoms with Gasteiger partial charge in [-0.1, -0.05) is 44.2 Å². The average molecular weight is 450 g/mol. The molecule has 0 heterocycles. The third-order valence-electron chi connectivity index (χ3n) is 4.41. The number of aliphatic carboxylic acids is 2. The molecule has 1 aromatic carbocycles. The Balaban J connectivity index is 2.73. The van der Waals surface area contributed by atoms with Crippen LogP contribution in [-0.2, 0) is 30.4 Å². The maximum Gasteiger partial charge on any atom is 0.326 e. The SMILES string of the molecule is CC(C)CC(N)C(=O)NCC(=O)NC(CC(=O)O)C(=O)NC(Cc1ccccc1)C(=O)O. The Bertz CT molecular complexity index is 814. The lowest BCUT2D eigenvalue weighted by Crippen LogP contribution is -2.54. The lowest BCUT2D eigenvalue weighted by molar-refractivity contribution is -0.143. The van der Waals surface area contributed by atoms with Crippen LogP contribution in [0.1, 0.15) is 32.3 Å². The fourth-order valence-electron chi connectivity index (χ4n) is 2.86. The van der Waals surface area contributed by atoms with Crippen molar-refractivity contribution in [3.8, 4) is 0 Å². The van der Waals surface area contributed by atoms with E-state index in [1.165, 1.54) is 0 Å². The van der Waals surface area contributed by atoms with Crippen LogP contribution in [0.5, 0.6) is 0 Å². The average Bonchev–Trinajstić information content (AvgIpc) is 2.70. The predicted octanol–water partition coefficient (Wildman–Crippen LogP) is -0.752. The highest BCUT2D eigenvalue weighted by Gasteiger charge is 2.28. The monoisotopic (exact) mass is 450 g/mol. The molecule has 7 N–H and O–H groups in total. The molecule has 0 saturated heterocycles. The molecule has 1 aromatic rings. The molecule has 11 nitrogen and oxygen atoms in total. The van der Waals surface area contributed by atoms with E-state index >= 15 is 0 Å². The van der Waals surface area contributed by atoms with Crippen LogP contribution in [0.15, 0.2) is 30.3 Å². The lowest BCUT2D eigenvalue weighted by Gasteiger charge is -2.21. The first-order valence-electron chi connectivity index (χ1n) is 10.1. The Kier molecular flexibility index (Phi) is 10.8. The number of carboxylic acids is 2. The molecule has 0 saturated carbocycles. The normalized spacial score (nSPS) is 13.5. The molecule has 0 bridgehead atoms. The van der Waals surface area contributed by atoms with Crippen LogP contribution in [0.2, 0.25) is 0 Å². The van der Waals surface area contributed by atoms with Crippen LogP contribution in [0.25, 0.3) is 0 Å². The van der Waals surface area contributed by atoms with Crippen molar-refractivity contribution in [2.75, 3.05) is 6.54 Å². The van der Waals surface area contributed by atoms with Gasteiger partial charge in [0.1, 0.15) is 12.1 Å². The number of hydrogen-bond acceptors (Lipinski definition) is 6. The van der Waals surface area contributed by atoms with E-state index in [0.29, 0.717) is 12.0 Å². The predicted molar refractivity (Wildman–Crippen MR) is 114 cm³/mol. The van der Waals surface area contributed by atoms with Crippen LogP contribution in [0.3, 0.4) is 0 Å². The minimum Gasteiger partial charge on any atom is -0.481 e. The largest absolute Gasteiger partial charge is 0.481 e. The smallest absolute Gasteiger partial charge is 0.326 e. The zero-order chi connectivity index (χ0) is 24.3. The van der Waals surface area contributed by atoms with E-state index in [-0.39, 0.29) is 12.3 Å². The Morgan fingerprint density at radius 1 is 0.938 bits per heavy atom. The van der Waals surface area contributed by atoms with Gasteiger partial charge in [-0.25, -0.2) is 4.79 Å². The van der Waals surface area contributed by atoms with E-state index in [1.807, 2.05) is 13.8 Å². The van der Waals surface area contributed by atoms with Crippen LogP contribution >= 0.6 is 0 Å². The summed E-state index contributed by atoms with van der Waals surface area (Å²) < 4.78 is 0. The lowest BCUT2D eigenvalue weighted by atomic mass is 10.0. The van der Waals surface area contributed by atoms with Gasteiger partial charge in [0.25, 0.3) is 0 Å². The van der Waals surface area contributed by atoms with Crippen molar-refractivity contribution in [1.29, 1.82) is 0 Å². The van der Waals surface area contributed by atoms with Gasteiger partial charge in [-0.3, -0.25) is 19.2 Å². The molecule has 32 heavy (non-hydrogen) atoms. The maximum absolute atomic E-state index is 12.5. The molecule has 1 rings (SSSR count). The summed E-state index contributed by atoms with van der Waals surface area (Å²) in [6.07, 6.45) is -0.384. The molecule has 3 atom stereocenters. The number of benzene rings is 1. The van der Waals surface area contributed by atoms with Crippen LogP contribution < -0.4 is 21.7 Å². The number of amides is 3. The Morgan fingerprint density at radius 3 is 2.09 bits per heavy atom. The molecule has 3 unspecified atom stereocenters. The summed E-state index contributed by atoms with van der Waals surface area (Å²) in [6.45, 7) is 3.26. The molecular weight excluding hydrogens is 420 g/mol. The Hall–Kier alpha value is -3.47. The number of nitrogens with one attached hydrogen (secondary N) is 3. The topological polar surface area (TPSA) is 188 Å². The maximum atomic E-state index is 12.5. The summed E-state index contributed by atoms with van der Waals surface area (Å²) >= 11 is 0. The Labute approximate surface area is 185 Å². The van der Waals surface area contributed by atoms with Gasteiger partial charge >= 0.3 is 11.9 Å². The first-order valence-corrected chi connectivity index (χ1v) is 10.1. The second-order valence-corrected chi connectivity index (χ2v) is 7.76. The van der Waals surface area contributed by atoms with Gasteiger partial charge in [0.2, 0.25) is 17.7 Å². The van der Waals surface area contributed by atoms with Crippen molar-refractivity contribution in [3.05, 3.63) is 35.9 Å². The zero-order valence-corrected chi connectivity index (χ0v) is 18.0. The van der Waals surface area contributed by atoms with Crippen molar-refractivity contribution < 1.29 is 34.2 Å². The number of carbonyl (C=O) groups is 5. The highest BCUT2D eigenvalue weighted by Crippen LogP contribution is 2.05. The first-order chi connectivity index (χ1) is 15.0. The minimum absolute atomic E-state index is 0.0283. The molecule has 0 spiro atoms. The molecule has 0 aliphatic carbocycles. The standard InChI is InChI=1S/C21H30N4O7/c1-12(2)8-14(22)19(29)23-11-17(26)24-15(10-18(27)28)20(30)25-16(21(31)32)9-13-6-4-3-5-7-13/h3-7,12,14-16H,8-11,22H2,1-2H3,(H,23,29)(H,24,26)(H,25,30)(H,27,28)(H,31,32). The van der Waals surface area contributed by atoms with Crippen LogP contribution in [0.4, 0.5) is 0 Å². The number of nitrogens with two attached hydrogens (primary N) is 1. The van der Waals surface area contributed by atoms with Gasteiger partial charge in [-0.2, -0.15) is 0 Å². The molecule has 0 aliphatic rings. The van der Waals surface area contributed by atoms with Gasteiger partial charge in [0.15, 0.2) is 0 Å². The van der Waals surface area contributed by atoms with Gasteiger partial charge in [0.05, 0.1) is 19.0 Å². The molecule has 0 fully saturated rings. The summed E-state index contributed by atoms with van der Waals surface area (Å²) in [5, 5.41) is 25.3. The molecular formula is C21H30N4O7. The summed E-state index contributed by atoms with van der Waals surface area (Å²) in [4.78, 5) is 59.3. The fraction of sp³-hybridized carbons (Fsp3) is 0.476. The third kappa shape index (κ3) is 10.0. The van der Waals surface area contributed by atoms with Crippen molar-refractivity contribution in [2.45, 2.75) is 51.2 Å². The fourth-order valence-corrected chi connectivity index (χ4v) is 2.86. The van der Waals surface area contributed by atoms with E-state index < -0.39 is 60.8 Å². The van der Waals surface area contributed by atoms with Crippen LogP contribution in [-0.4, -0.2) is 64.5 Å². The molecule has 0 radical (unpaired) electrons. The van der Waals surface area contributed by atoms with E-state index in [2.05, 4.69) is 16.0 Å². The van der Waals surface area contributed by atoms with E-state index in [0.717, 1.165) is 0 Å². The first kappa shape index (κ1) is 26.6. The van der Waals surface area contributed by atoms with E-state index in [9.17, 15) is 29.1 Å². The summed E-state index contributed by atoms with van der Waals surface area (Å²) in [6, 6.07) is 4.89. The molecule has 0 aromatic heterocycles. The molecule has 3 amide bonds. The van der Waals surface area contributed by atoms with E-state index in [4.69, 9.17) is 10.8 Å². The van der Waals surface area contributed by atoms with Gasteiger partial charge in [-0.15, -0.1) is 0 Å². The van der Waals surface area contributed by atoms with Gasteiger partial charge in [-0.05, 0) is 17.9 Å². The zero-order valence-electron chi connectivity index (χ0n) is 18.0. The van der Waals surface area contributed by atoms with Gasteiger partial charge in [0, 0.05) is 6.42 Å². The second kappa shape index (κ2) is 13.1. The minimum atomic E-state index is -1.53. The number of carbonyl (C=O) groups excluding carboxylic acids is 3. The van der Waals surface area contributed by atoms with E-state index in [1.54, 1.807) is 30.3 Å². The van der Waals surface area contributed by atoms with Crippen molar-refractivity contribution >= 4 is 29.7 Å². The molecule has 176 valence electrons. The Morgan fingerprint density at radius 2 is 1.56 bits per heavy atom. The highest BCUT2D eigenvalue weighted by atomic mass is 16.4. The second-order valence-electron chi connectivity index (χ2n) is 7.76. The van der Waals surface area contributed by atoms with Gasteiger partial charge < -0.3 is 31.9 Å². The number of hydrogen-bond donors (Lipinski definition) is 6. The van der Waals surface area contributed by atoms with Crippen molar-refractivity contribution in [3.63, 3.8) is 0 Å². The third-order valence-corrected chi connectivity index (χ3v) is 4.41. The number of carboxylic acid groups (broad SMARTS) is 2. The van der Waals surface area contributed by atoms with Crippen molar-refractivity contribution in [2.24, 2.45) is 11.7 Å². The molecule has 0 aliphatic heterocycles. The summed E-state index contributed by atoms with van der Waals surface area (Å²) in [7, 11) is 0. The highest BCUT2D eigenvalue weighted by molar-refractivity contribution is 5.94. The summed E-state index contributed by atoms with van der Waals surface area (Å²) in [5.41, 5.74) is 6.38. The van der Waals surface area contributed by atoms with Crippen molar-refractivity contribution in [1.82, 2.24) is 16.0 Å².